The molecule has 32 heavy (non-hydrogen) atoms. The van der Waals surface area contributed by atoms with E-state index in [4.69, 9.17) is 18.9 Å². The second-order valence-corrected chi connectivity index (χ2v) is 9.75. The van der Waals surface area contributed by atoms with E-state index in [2.05, 4.69) is 0 Å². The van der Waals surface area contributed by atoms with Gasteiger partial charge >= 0.3 is 12.1 Å². The predicted octanol–water partition coefficient (Wildman–Crippen LogP) is 5.30. The average Bonchev–Trinajstić information content (AvgIpc) is 2.69. The van der Waals surface area contributed by atoms with Crippen molar-refractivity contribution in [3.05, 3.63) is 29.6 Å². The van der Waals surface area contributed by atoms with E-state index >= 15 is 0 Å². The molecule has 3 fully saturated rings. The highest BCUT2D eigenvalue weighted by Gasteiger charge is 2.50. The molecule has 1 aliphatic carbocycles. The second kappa shape index (κ2) is 9.17. The summed E-state index contributed by atoms with van der Waals surface area (Å²) in [5.74, 6) is -1.23. The first-order valence-electron chi connectivity index (χ1n) is 10.7. The first-order chi connectivity index (χ1) is 14.8. The normalized spacial score (nSPS) is 25.6. The summed E-state index contributed by atoms with van der Waals surface area (Å²) in [5, 5.41) is 0. The lowest BCUT2D eigenvalue weighted by Gasteiger charge is -2.53. The van der Waals surface area contributed by atoms with Crippen molar-refractivity contribution in [1.29, 1.82) is 0 Å². The van der Waals surface area contributed by atoms with Gasteiger partial charge in [0.05, 0.1) is 12.2 Å². The molecule has 5 nitrogen and oxygen atoms in total. The quantitative estimate of drug-likeness (QED) is 0.298. The van der Waals surface area contributed by atoms with Gasteiger partial charge in [-0.3, -0.25) is 0 Å². The van der Waals surface area contributed by atoms with Gasteiger partial charge < -0.3 is 18.9 Å². The molecule has 2 heterocycles. The molecule has 180 valence electrons. The van der Waals surface area contributed by atoms with Crippen LogP contribution in [0.2, 0.25) is 0 Å². The molecular formula is C23H30F4O5. The van der Waals surface area contributed by atoms with E-state index in [9.17, 15) is 22.4 Å². The summed E-state index contributed by atoms with van der Waals surface area (Å²) < 4.78 is 73.1. The minimum atomic E-state index is -4.50. The van der Waals surface area contributed by atoms with Gasteiger partial charge in [0.25, 0.3) is 0 Å². The molecule has 3 aliphatic rings. The van der Waals surface area contributed by atoms with Crippen LogP contribution in [0, 0.1) is 11.2 Å². The lowest BCUT2D eigenvalue weighted by atomic mass is 9.63. The number of esters is 1. The van der Waals surface area contributed by atoms with E-state index in [0.29, 0.717) is 31.6 Å². The Hall–Kier alpha value is -1.87. The van der Waals surface area contributed by atoms with Gasteiger partial charge in [-0.25, -0.2) is 9.18 Å². The predicted molar refractivity (Wildman–Crippen MR) is 108 cm³/mol. The maximum absolute atomic E-state index is 14.1. The van der Waals surface area contributed by atoms with E-state index in [0.717, 1.165) is 25.3 Å². The number of halogens is 4. The van der Waals surface area contributed by atoms with Crippen LogP contribution in [0.5, 0.6) is 5.75 Å². The molecule has 2 saturated heterocycles. The Labute approximate surface area is 185 Å². The molecule has 4 rings (SSSR count). The first kappa shape index (κ1) is 24.8. The lowest BCUT2D eigenvalue weighted by molar-refractivity contribution is -0.195. The molecule has 1 aromatic carbocycles. The van der Waals surface area contributed by atoms with Crippen LogP contribution in [0.25, 0.3) is 0 Å². The van der Waals surface area contributed by atoms with E-state index in [1.165, 1.54) is 12.1 Å². The third kappa shape index (κ3) is 6.57. The van der Waals surface area contributed by atoms with Gasteiger partial charge in [0.1, 0.15) is 23.8 Å². The zero-order chi connectivity index (χ0) is 23.6. The van der Waals surface area contributed by atoms with Crippen LogP contribution in [0.3, 0.4) is 0 Å². The third-order valence-corrected chi connectivity index (χ3v) is 5.99. The minimum absolute atomic E-state index is 0.0847. The molecular weight excluding hydrogens is 432 g/mol. The van der Waals surface area contributed by atoms with Crippen LogP contribution in [0.15, 0.2) is 18.2 Å². The number of ether oxygens (including phenoxy) is 4. The minimum Gasteiger partial charge on any atom is -0.484 e. The van der Waals surface area contributed by atoms with Gasteiger partial charge in [0.15, 0.2) is 6.61 Å². The van der Waals surface area contributed by atoms with Gasteiger partial charge in [-0.2, -0.15) is 13.2 Å². The molecule has 2 bridgehead atoms. The Bertz CT molecular complexity index is 791. The molecule has 9 heteroatoms. The topological polar surface area (TPSA) is 54.0 Å². The Morgan fingerprint density at radius 1 is 1.09 bits per heavy atom. The average molecular weight is 462 g/mol. The van der Waals surface area contributed by atoms with Gasteiger partial charge in [-0.1, -0.05) is 0 Å². The first-order valence-corrected chi connectivity index (χ1v) is 10.7. The second-order valence-electron chi connectivity index (χ2n) is 9.75. The Balaban J connectivity index is 1.54. The number of alkyl halides is 3. The van der Waals surface area contributed by atoms with Crippen LogP contribution >= 0.6 is 0 Å². The van der Waals surface area contributed by atoms with Crippen LogP contribution in [0.1, 0.15) is 58.4 Å². The van der Waals surface area contributed by atoms with Crippen molar-refractivity contribution in [2.45, 2.75) is 70.3 Å². The Kier molecular flexibility index (Phi) is 7.10. The standard InChI is InChI=1S/C23H30F4O5/c1-20(2,3)32-19(28)13-29-9-8-21-4-6-22(7-5-21,31-14-21)16-10-17(24)12-18(11-16)30-15-23(25,26)27/h10-12H,4-9,13-15H2,1-3H3. The molecule has 0 radical (unpaired) electrons. The van der Waals surface area contributed by atoms with Crippen LogP contribution in [0.4, 0.5) is 17.6 Å². The summed E-state index contributed by atoms with van der Waals surface area (Å²) in [6.45, 7) is 4.63. The summed E-state index contributed by atoms with van der Waals surface area (Å²) in [7, 11) is 0. The van der Waals surface area contributed by atoms with Crippen molar-refractivity contribution in [1.82, 2.24) is 0 Å². The van der Waals surface area contributed by atoms with Crippen molar-refractivity contribution < 1.29 is 41.3 Å². The number of rotatable bonds is 8. The SMILES string of the molecule is CC(C)(C)OC(=O)COCCC12CCC(c3cc(F)cc(OCC(F)(F)F)c3)(CC1)OC2. The highest BCUT2D eigenvalue weighted by molar-refractivity contribution is 5.71. The largest absolute Gasteiger partial charge is 0.484 e. The van der Waals surface area contributed by atoms with E-state index in [1.807, 2.05) is 0 Å². The van der Waals surface area contributed by atoms with Gasteiger partial charge in [0, 0.05) is 12.7 Å². The summed E-state index contributed by atoms with van der Waals surface area (Å²) in [5.41, 5.74) is -0.863. The zero-order valence-electron chi connectivity index (χ0n) is 18.6. The summed E-state index contributed by atoms with van der Waals surface area (Å²) in [6.07, 6.45) is -0.893. The molecule has 0 aromatic heterocycles. The molecule has 2 aliphatic heterocycles. The van der Waals surface area contributed by atoms with Crippen LogP contribution in [-0.4, -0.2) is 44.2 Å². The third-order valence-electron chi connectivity index (χ3n) is 5.99. The lowest BCUT2D eigenvalue weighted by Crippen LogP contribution is -2.49. The molecule has 1 saturated carbocycles. The number of hydrogen-bond acceptors (Lipinski definition) is 5. The highest BCUT2D eigenvalue weighted by Crippen LogP contribution is 2.55. The highest BCUT2D eigenvalue weighted by atomic mass is 19.4. The van der Waals surface area contributed by atoms with E-state index in [1.54, 1.807) is 20.8 Å². The fourth-order valence-electron chi connectivity index (χ4n) is 4.35. The maximum Gasteiger partial charge on any atom is 0.422 e. The van der Waals surface area contributed by atoms with Crippen LogP contribution < -0.4 is 4.74 Å². The molecule has 0 amide bonds. The van der Waals surface area contributed by atoms with Crippen molar-refractivity contribution in [3.8, 4) is 5.75 Å². The van der Waals surface area contributed by atoms with Crippen molar-refractivity contribution in [3.63, 3.8) is 0 Å². The van der Waals surface area contributed by atoms with Crippen molar-refractivity contribution >= 4 is 5.97 Å². The zero-order valence-corrected chi connectivity index (χ0v) is 18.6. The van der Waals surface area contributed by atoms with Crippen LogP contribution in [-0.2, 0) is 24.6 Å². The van der Waals surface area contributed by atoms with Gasteiger partial charge in [-0.05, 0) is 76.0 Å². The summed E-state index contributed by atoms with van der Waals surface area (Å²) >= 11 is 0. The van der Waals surface area contributed by atoms with Crippen molar-refractivity contribution in [2.24, 2.45) is 5.41 Å². The number of hydrogen-bond donors (Lipinski definition) is 0. The van der Waals surface area contributed by atoms with Gasteiger partial charge in [-0.15, -0.1) is 0 Å². The molecule has 0 N–H and O–H groups in total. The van der Waals surface area contributed by atoms with Crippen molar-refractivity contribution in [2.75, 3.05) is 26.4 Å². The molecule has 0 spiro atoms. The molecule has 1 aromatic rings. The molecule has 0 atom stereocenters. The smallest absolute Gasteiger partial charge is 0.422 e. The fraction of sp³-hybridized carbons (Fsp3) is 0.696. The monoisotopic (exact) mass is 462 g/mol. The number of carbonyl (C=O) groups excluding carboxylic acids is 1. The van der Waals surface area contributed by atoms with E-state index in [-0.39, 0.29) is 17.8 Å². The van der Waals surface area contributed by atoms with Gasteiger partial charge in [0.2, 0.25) is 0 Å². The fourth-order valence-corrected chi connectivity index (χ4v) is 4.35. The Morgan fingerprint density at radius 2 is 1.78 bits per heavy atom. The van der Waals surface area contributed by atoms with E-state index < -0.39 is 35.8 Å². The number of fused-ring (bicyclic) bond motifs is 3. The summed E-state index contributed by atoms with van der Waals surface area (Å²) in [4.78, 5) is 11.7. The molecule has 0 unspecified atom stereocenters. The summed E-state index contributed by atoms with van der Waals surface area (Å²) in [6, 6.07) is 3.70. The number of benzene rings is 1. The number of carbonyl (C=O) groups is 1. The Morgan fingerprint density at radius 3 is 2.34 bits per heavy atom. The maximum atomic E-state index is 14.1.